The maximum absolute atomic E-state index is 11.8. The first-order valence-electron chi connectivity index (χ1n) is 9.21. The Morgan fingerprint density at radius 2 is 1.93 bits per heavy atom. The number of hydrazine groups is 1. The van der Waals surface area contributed by atoms with Crippen LogP contribution in [-0.4, -0.2) is 29.2 Å². The summed E-state index contributed by atoms with van der Waals surface area (Å²) in [5.41, 5.74) is 7.59. The lowest BCUT2D eigenvalue weighted by Crippen LogP contribution is -2.39. The molecule has 1 saturated carbocycles. The molecule has 1 aromatic carbocycles. The molecule has 0 aliphatic heterocycles. The lowest BCUT2D eigenvalue weighted by molar-refractivity contribution is 0.0879. The van der Waals surface area contributed by atoms with E-state index in [1.165, 1.54) is 17.6 Å². The van der Waals surface area contributed by atoms with Crippen LogP contribution in [0.25, 0.3) is 11.3 Å². The minimum atomic E-state index is -0.172. The van der Waals surface area contributed by atoms with E-state index in [4.69, 9.17) is 16.1 Å². The van der Waals surface area contributed by atoms with Crippen molar-refractivity contribution in [3.63, 3.8) is 0 Å². The second kappa shape index (κ2) is 11.7. The van der Waals surface area contributed by atoms with Gasteiger partial charge >= 0.3 is 0 Å². The molecule has 0 saturated heterocycles. The van der Waals surface area contributed by atoms with E-state index in [1.54, 1.807) is 13.1 Å². The molecule has 7 nitrogen and oxygen atoms in total. The number of aromatic nitrogens is 1. The van der Waals surface area contributed by atoms with E-state index in [9.17, 15) is 4.79 Å². The number of allylic oxidation sites excluding steroid dienone is 1. The average Bonchev–Trinajstić information content (AvgIpc) is 3.17. The molecule has 3 rings (SSSR count). The first-order valence-corrected chi connectivity index (χ1v) is 9.21. The van der Waals surface area contributed by atoms with Crippen molar-refractivity contribution >= 4 is 5.91 Å². The summed E-state index contributed by atoms with van der Waals surface area (Å²) >= 11 is 0. The number of rotatable bonds is 4. The Kier molecular flexibility index (Phi) is 9.68. The molecule has 7 heteroatoms. The second-order valence-corrected chi connectivity index (χ2v) is 5.96. The van der Waals surface area contributed by atoms with E-state index in [1.807, 2.05) is 51.1 Å². The van der Waals surface area contributed by atoms with Crippen LogP contribution in [0, 0.1) is 0 Å². The highest BCUT2D eigenvalue weighted by Crippen LogP contribution is 2.21. The van der Waals surface area contributed by atoms with Crippen molar-refractivity contribution in [2.24, 2.45) is 11.6 Å². The highest BCUT2D eigenvalue weighted by molar-refractivity contribution is 5.92. The number of nitrogens with zero attached hydrogens (tertiary/aromatic N) is 2. The van der Waals surface area contributed by atoms with Crippen molar-refractivity contribution < 1.29 is 9.32 Å². The summed E-state index contributed by atoms with van der Waals surface area (Å²) in [5.74, 6) is 5.34. The van der Waals surface area contributed by atoms with E-state index in [2.05, 4.69) is 10.5 Å². The van der Waals surface area contributed by atoms with Gasteiger partial charge in [0.05, 0.1) is 0 Å². The molecule has 2 aromatic rings. The number of carbonyl (C=O) groups is 1. The standard InChI is InChI=1S/C14H14N2O2.C4H11N3.C2H6/c17-14(15-11-7-4-8-11)13-9-12(16-18-13)10-5-2-1-3-6-10;1-4(3-5)7(2)6;1-2/h1-3,5-6,9,11H,4,7-8H2,(H,15,17);3H,5-6H2,1-2H3;1-2H3/b;4-3-;. The highest BCUT2D eigenvalue weighted by Gasteiger charge is 2.22. The fourth-order valence-electron chi connectivity index (χ4n) is 2.05. The largest absolute Gasteiger partial charge is 0.403 e. The van der Waals surface area contributed by atoms with Crippen molar-refractivity contribution in [1.82, 2.24) is 15.5 Å². The summed E-state index contributed by atoms with van der Waals surface area (Å²) in [6.07, 6.45) is 4.77. The van der Waals surface area contributed by atoms with Crippen molar-refractivity contribution in [1.29, 1.82) is 0 Å². The SMILES string of the molecule is C/C(=C/N)N(C)N.CC.O=C(NC1CCC1)c1cc(-c2ccccc2)no1. The number of nitrogens with one attached hydrogen (secondary N) is 1. The Labute approximate surface area is 161 Å². The van der Waals surface area contributed by atoms with Crippen molar-refractivity contribution in [3.8, 4) is 11.3 Å². The number of carbonyl (C=O) groups excluding carboxylic acids is 1. The van der Waals surface area contributed by atoms with E-state index >= 15 is 0 Å². The number of nitrogens with two attached hydrogens (primary N) is 2. The van der Waals surface area contributed by atoms with Gasteiger partial charge in [0.1, 0.15) is 5.69 Å². The number of benzene rings is 1. The van der Waals surface area contributed by atoms with Crippen LogP contribution in [0.5, 0.6) is 0 Å². The molecule has 0 radical (unpaired) electrons. The smallest absolute Gasteiger partial charge is 0.290 e. The molecular weight excluding hydrogens is 342 g/mol. The summed E-state index contributed by atoms with van der Waals surface area (Å²) in [6.45, 7) is 5.83. The van der Waals surface area contributed by atoms with Crippen LogP contribution in [0.2, 0.25) is 0 Å². The Bertz CT molecular complexity index is 706. The van der Waals surface area contributed by atoms with E-state index in [0.29, 0.717) is 11.7 Å². The van der Waals surface area contributed by atoms with E-state index in [0.717, 1.165) is 24.1 Å². The van der Waals surface area contributed by atoms with Crippen LogP contribution in [0.3, 0.4) is 0 Å². The van der Waals surface area contributed by atoms with Crippen LogP contribution in [0.1, 0.15) is 50.6 Å². The molecule has 0 atom stereocenters. The lowest BCUT2D eigenvalue weighted by atomic mass is 9.93. The van der Waals surface area contributed by atoms with Crippen LogP contribution in [0.4, 0.5) is 0 Å². The van der Waals surface area contributed by atoms with Crippen molar-refractivity contribution in [2.75, 3.05) is 7.05 Å². The number of hydrogen-bond donors (Lipinski definition) is 3. The minimum Gasteiger partial charge on any atom is -0.403 e. The lowest BCUT2D eigenvalue weighted by Gasteiger charge is -2.25. The zero-order chi connectivity index (χ0) is 20.2. The molecular formula is C20H31N5O2. The Balaban J connectivity index is 0.000000346. The fraction of sp³-hybridized carbons (Fsp3) is 0.400. The zero-order valence-corrected chi connectivity index (χ0v) is 16.6. The normalized spacial score (nSPS) is 13.3. The maximum atomic E-state index is 11.8. The van der Waals surface area contributed by atoms with Gasteiger partial charge in [-0.05, 0) is 26.2 Å². The van der Waals surface area contributed by atoms with Gasteiger partial charge in [-0.25, -0.2) is 5.84 Å². The molecule has 1 aromatic heterocycles. The molecule has 1 fully saturated rings. The predicted molar refractivity (Wildman–Crippen MR) is 108 cm³/mol. The Morgan fingerprint density at radius 3 is 2.37 bits per heavy atom. The first-order chi connectivity index (χ1) is 13.0. The van der Waals surface area contributed by atoms with Gasteiger partial charge in [0.25, 0.3) is 5.91 Å². The van der Waals surface area contributed by atoms with Gasteiger partial charge in [-0.15, -0.1) is 0 Å². The quantitative estimate of drug-likeness (QED) is 0.560. The molecule has 1 aliphatic carbocycles. The van der Waals surface area contributed by atoms with Gasteiger partial charge in [0.2, 0.25) is 5.76 Å². The molecule has 0 unspecified atom stereocenters. The average molecular weight is 374 g/mol. The first kappa shape index (κ1) is 22.2. The summed E-state index contributed by atoms with van der Waals surface area (Å²) in [4.78, 5) is 11.8. The molecule has 0 bridgehead atoms. The van der Waals surface area contributed by atoms with E-state index < -0.39 is 0 Å². The zero-order valence-electron chi connectivity index (χ0n) is 16.6. The fourth-order valence-corrected chi connectivity index (χ4v) is 2.05. The second-order valence-electron chi connectivity index (χ2n) is 5.96. The number of hydrogen-bond acceptors (Lipinski definition) is 6. The third kappa shape index (κ3) is 7.15. The monoisotopic (exact) mass is 373 g/mol. The van der Waals surface area contributed by atoms with Crippen LogP contribution >= 0.6 is 0 Å². The Hall–Kier alpha value is -2.80. The molecule has 1 amide bonds. The molecule has 5 N–H and O–H groups in total. The Morgan fingerprint density at radius 1 is 1.30 bits per heavy atom. The van der Waals surface area contributed by atoms with Gasteiger partial charge in [0.15, 0.2) is 0 Å². The van der Waals surface area contributed by atoms with Gasteiger partial charge in [0, 0.05) is 36.6 Å². The minimum absolute atomic E-state index is 0.172. The van der Waals surface area contributed by atoms with Crippen LogP contribution in [0.15, 0.2) is 52.8 Å². The topological polar surface area (TPSA) is 110 Å². The molecule has 1 aliphatic rings. The number of amides is 1. The summed E-state index contributed by atoms with van der Waals surface area (Å²) in [5, 5.41) is 8.31. The van der Waals surface area contributed by atoms with Crippen molar-refractivity contribution in [2.45, 2.75) is 46.1 Å². The summed E-state index contributed by atoms with van der Waals surface area (Å²) in [7, 11) is 1.73. The molecule has 148 valence electrons. The third-order valence-electron chi connectivity index (χ3n) is 4.04. The van der Waals surface area contributed by atoms with E-state index in [-0.39, 0.29) is 11.7 Å². The molecule has 1 heterocycles. The third-order valence-corrected chi connectivity index (χ3v) is 4.04. The molecule has 27 heavy (non-hydrogen) atoms. The summed E-state index contributed by atoms with van der Waals surface area (Å²) in [6, 6.07) is 11.7. The van der Waals surface area contributed by atoms with Crippen LogP contribution < -0.4 is 16.9 Å². The van der Waals surface area contributed by atoms with Gasteiger partial charge in [-0.2, -0.15) is 0 Å². The van der Waals surface area contributed by atoms with Gasteiger partial charge in [-0.1, -0.05) is 49.3 Å². The summed E-state index contributed by atoms with van der Waals surface area (Å²) < 4.78 is 5.09. The highest BCUT2D eigenvalue weighted by atomic mass is 16.5. The van der Waals surface area contributed by atoms with Gasteiger partial charge in [-0.3, -0.25) is 4.79 Å². The predicted octanol–water partition coefficient (Wildman–Crippen LogP) is 3.26. The van der Waals surface area contributed by atoms with Crippen LogP contribution in [-0.2, 0) is 0 Å². The molecule has 0 spiro atoms. The van der Waals surface area contributed by atoms with Crippen molar-refractivity contribution in [3.05, 3.63) is 54.1 Å². The maximum Gasteiger partial charge on any atom is 0.290 e. The van der Waals surface area contributed by atoms with Gasteiger partial charge < -0.3 is 20.6 Å².